The minimum atomic E-state index is -0.545. The Hall–Kier alpha value is -2.64. The van der Waals surface area contributed by atoms with Crippen LogP contribution in [0.15, 0.2) is 35.4 Å². The van der Waals surface area contributed by atoms with E-state index < -0.39 is 10.8 Å². The topological polar surface area (TPSA) is 93.8 Å². The molecule has 1 N–H and O–H groups in total. The quantitative estimate of drug-likeness (QED) is 0.453. The first-order valence-corrected chi connectivity index (χ1v) is 8.19. The summed E-state index contributed by atoms with van der Waals surface area (Å²) in [4.78, 5) is 22.0. The Morgan fingerprint density at radius 2 is 1.92 bits per heavy atom. The molecule has 0 aromatic heterocycles. The van der Waals surface area contributed by atoms with Gasteiger partial charge in [0.15, 0.2) is 6.61 Å². The number of nitro groups is 1. The number of rotatable bonds is 6. The van der Waals surface area contributed by atoms with Crippen molar-refractivity contribution in [1.82, 2.24) is 5.43 Å². The van der Waals surface area contributed by atoms with Gasteiger partial charge in [0, 0.05) is 27.7 Å². The van der Waals surface area contributed by atoms with Crippen LogP contribution in [0.25, 0.3) is 0 Å². The Morgan fingerprint density at radius 3 is 2.54 bits per heavy atom. The predicted molar refractivity (Wildman–Crippen MR) is 100 cm³/mol. The molecule has 0 radical (unpaired) electrons. The van der Waals surface area contributed by atoms with E-state index in [1.54, 1.807) is 12.1 Å². The average Bonchev–Trinajstić information content (AvgIpc) is 2.59. The number of nitrogens with zero attached hydrogens (tertiary/aromatic N) is 2. The van der Waals surface area contributed by atoms with Crippen molar-refractivity contribution in [3.05, 3.63) is 67.2 Å². The summed E-state index contributed by atoms with van der Waals surface area (Å²) in [6.07, 6.45) is 1.23. The molecule has 0 fully saturated rings. The molecule has 0 saturated carbocycles. The van der Waals surface area contributed by atoms with Crippen LogP contribution in [0, 0.1) is 24.0 Å². The van der Waals surface area contributed by atoms with Crippen molar-refractivity contribution >= 4 is 41.0 Å². The summed E-state index contributed by atoms with van der Waals surface area (Å²) in [5.74, 6) is 0.0262. The second-order valence-corrected chi connectivity index (χ2v) is 6.20. The summed E-state index contributed by atoms with van der Waals surface area (Å²) in [6, 6.07) is 7.39. The molecule has 0 saturated heterocycles. The number of aryl methyl sites for hydroxylation is 2. The second kappa shape index (κ2) is 8.64. The van der Waals surface area contributed by atoms with E-state index in [1.165, 1.54) is 24.4 Å². The summed E-state index contributed by atoms with van der Waals surface area (Å²) in [5, 5.41) is 15.4. The van der Waals surface area contributed by atoms with Crippen LogP contribution in [0.1, 0.15) is 16.7 Å². The third-order valence-electron chi connectivity index (χ3n) is 3.36. The van der Waals surface area contributed by atoms with Crippen LogP contribution in [-0.2, 0) is 4.79 Å². The molecule has 2 aromatic carbocycles. The van der Waals surface area contributed by atoms with Crippen LogP contribution in [-0.4, -0.2) is 23.7 Å². The summed E-state index contributed by atoms with van der Waals surface area (Å²) < 4.78 is 5.40. The van der Waals surface area contributed by atoms with E-state index >= 15 is 0 Å². The molecular formula is C17H15Cl2N3O4. The van der Waals surface area contributed by atoms with Gasteiger partial charge in [0.05, 0.1) is 11.1 Å². The zero-order chi connectivity index (χ0) is 19.3. The molecule has 9 heteroatoms. The number of amides is 1. The lowest BCUT2D eigenvalue weighted by Gasteiger charge is -2.09. The maximum atomic E-state index is 11.8. The summed E-state index contributed by atoms with van der Waals surface area (Å²) in [7, 11) is 0. The van der Waals surface area contributed by atoms with Crippen LogP contribution < -0.4 is 10.2 Å². The standard InChI is InChI=1S/C17H15Cl2N3O4/c1-10-5-14(6-11(2)17(10)19)26-9-16(23)21-20-8-12-7-13(22(24)25)3-4-15(12)18/h3-8H,9H2,1-2H3,(H,21,23)/b20-8+. The van der Waals surface area contributed by atoms with Gasteiger partial charge in [0.25, 0.3) is 11.6 Å². The number of carbonyl (C=O) groups is 1. The Kier molecular flexibility index (Phi) is 6.54. The fraction of sp³-hybridized carbons (Fsp3) is 0.176. The van der Waals surface area contributed by atoms with Gasteiger partial charge in [0.1, 0.15) is 5.75 Å². The first kappa shape index (κ1) is 19.7. The van der Waals surface area contributed by atoms with E-state index in [9.17, 15) is 14.9 Å². The third kappa shape index (κ3) is 5.18. The molecule has 7 nitrogen and oxygen atoms in total. The van der Waals surface area contributed by atoms with Crippen molar-refractivity contribution in [3.8, 4) is 5.75 Å². The molecule has 0 spiro atoms. The number of nitrogens with one attached hydrogen (secondary N) is 1. The van der Waals surface area contributed by atoms with Gasteiger partial charge in [-0.1, -0.05) is 23.2 Å². The van der Waals surface area contributed by atoms with Crippen LogP contribution in [0.3, 0.4) is 0 Å². The molecule has 0 bridgehead atoms. The smallest absolute Gasteiger partial charge is 0.277 e. The van der Waals surface area contributed by atoms with Crippen molar-refractivity contribution in [2.75, 3.05) is 6.61 Å². The highest BCUT2D eigenvalue weighted by molar-refractivity contribution is 6.33. The van der Waals surface area contributed by atoms with Crippen LogP contribution >= 0.6 is 23.2 Å². The number of hydrogen-bond donors (Lipinski definition) is 1. The number of halogens is 2. The molecule has 0 aliphatic carbocycles. The van der Waals surface area contributed by atoms with E-state index in [4.69, 9.17) is 27.9 Å². The van der Waals surface area contributed by atoms with E-state index in [1.807, 2.05) is 13.8 Å². The van der Waals surface area contributed by atoms with Crippen molar-refractivity contribution in [2.45, 2.75) is 13.8 Å². The Bertz CT molecular complexity index is 861. The molecule has 2 rings (SSSR count). The number of hydrogen-bond acceptors (Lipinski definition) is 5. The molecule has 0 unspecified atom stereocenters. The molecule has 1 amide bonds. The molecule has 0 aliphatic rings. The Balaban J connectivity index is 1.94. The SMILES string of the molecule is Cc1cc(OCC(=O)N/N=C/c2cc([N+](=O)[O-])ccc2Cl)cc(C)c1Cl. The number of carbonyl (C=O) groups excluding carboxylic acids is 1. The summed E-state index contributed by atoms with van der Waals surface area (Å²) in [6.45, 7) is 3.44. The van der Waals surface area contributed by atoms with Crippen LogP contribution in [0.4, 0.5) is 5.69 Å². The lowest BCUT2D eigenvalue weighted by atomic mass is 10.1. The number of nitro benzene ring substituents is 1. The number of ether oxygens (including phenoxy) is 1. The summed E-state index contributed by atoms with van der Waals surface area (Å²) in [5.41, 5.74) is 4.15. The van der Waals surface area contributed by atoms with E-state index in [0.29, 0.717) is 16.3 Å². The number of benzene rings is 2. The maximum absolute atomic E-state index is 11.8. The number of non-ortho nitro benzene ring substituents is 1. The molecule has 0 aliphatic heterocycles. The van der Waals surface area contributed by atoms with Gasteiger partial charge < -0.3 is 4.74 Å². The minimum absolute atomic E-state index is 0.126. The summed E-state index contributed by atoms with van der Waals surface area (Å²) >= 11 is 12.0. The fourth-order valence-electron chi connectivity index (χ4n) is 2.09. The fourth-order valence-corrected chi connectivity index (χ4v) is 2.36. The van der Waals surface area contributed by atoms with Gasteiger partial charge in [-0.2, -0.15) is 5.10 Å². The minimum Gasteiger partial charge on any atom is -0.484 e. The van der Waals surface area contributed by atoms with Gasteiger partial charge in [-0.3, -0.25) is 14.9 Å². The third-order valence-corrected chi connectivity index (χ3v) is 4.30. The van der Waals surface area contributed by atoms with Gasteiger partial charge in [-0.25, -0.2) is 5.43 Å². The van der Waals surface area contributed by atoms with Crippen LogP contribution in [0.5, 0.6) is 5.75 Å². The van der Waals surface area contributed by atoms with Crippen LogP contribution in [0.2, 0.25) is 10.0 Å². The predicted octanol–water partition coefficient (Wildman–Crippen LogP) is 4.05. The molecule has 0 atom stereocenters. The zero-order valence-corrected chi connectivity index (χ0v) is 15.5. The van der Waals surface area contributed by atoms with Crippen molar-refractivity contribution in [1.29, 1.82) is 0 Å². The highest BCUT2D eigenvalue weighted by Crippen LogP contribution is 2.25. The van der Waals surface area contributed by atoms with E-state index in [0.717, 1.165) is 11.1 Å². The van der Waals surface area contributed by atoms with Gasteiger partial charge >= 0.3 is 0 Å². The van der Waals surface area contributed by atoms with E-state index in [-0.39, 0.29) is 17.3 Å². The van der Waals surface area contributed by atoms with E-state index in [2.05, 4.69) is 10.5 Å². The molecule has 2 aromatic rings. The Morgan fingerprint density at radius 1 is 1.27 bits per heavy atom. The van der Waals surface area contributed by atoms with Gasteiger partial charge in [-0.15, -0.1) is 0 Å². The average molecular weight is 396 g/mol. The monoisotopic (exact) mass is 395 g/mol. The van der Waals surface area contributed by atoms with Crippen molar-refractivity contribution in [3.63, 3.8) is 0 Å². The highest BCUT2D eigenvalue weighted by atomic mass is 35.5. The highest BCUT2D eigenvalue weighted by Gasteiger charge is 2.09. The second-order valence-electron chi connectivity index (χ2n) is 5.42. The molecule has 26 heavy (non-hydrogen) atoms. The molecule has 136 valence electrons. The lowest BCUT2D eigenvalue weighted by molar-refractivity contribution is -0.384. The Labute approximate surface area is 159 Å². The zero-order valence-electron chi connectivity index (χ0n) is 14.0. The van der Waals surface area contributed by atoms with Gasteiger partial charge in [0.2, 0.25) is 0 Å². The molecular weight excluding hydrogens is 381 g/mol. The first-order valence-electron chi connectivity index (χ1n) is 7.43. The van der Waals surface area contributed by atoms with Crippen molar-refractivity contribution in [2.24, 2.45) is 5.10 Å². The van der Waals surface area contributed by atoms with Gasteiger partial charge in [-0.05, 0) is 43.2 Å². The lowest BCUT2D eigenvalue weighted by Crippen LogP contribution is -2.24. The number of hydrazone groups is 1. The van der Waals surface area contributed by atoms with Crippen molar-refractivity contribution < 1.29 is 14.5 Å². The molecule has 0 heterocycles. The largest absolute Gasteiger partial charge is 0.484 e. The normalized spacial score (nSPS) is 10.8. The first-order chi connectivity index (χ1) is 12.3. The maximum Gasteiger partial charge on any atom is 0.277 e.